The first-order chi connectivity index (χ1) is 17.8. The van der Waals surface area contributed by atoms with Gasteiger partial charge in [0.15, 0.2) is 0 Å². The number of carbonyl (C=O) groups is 1. The van der Waals surface area contributed by atoms with Crippen LogP contribution in [0.3, 0.4) is 0 Å². The van der Waals surface area contributed by atoms with E-state index >= 15 is 0 Å². The lowest BCUT2D eigenvalue weighted by molar-refractivity contribution is -0.137. The highest BCUT2D eigenvalue weighted by Gasteiger charge is 2.02. The summed E-state index contributed by atoms with van der Waals surface area (Å²) in [5.74, 6) is -0.653. The number of carboxylic acid groups (broad SMARTS) is 1. The Morgan fingerprint density at radius 3 is 1.05 bits per heavy atom. The van der Waals surface area contributed by atoms with Crippen LogP contribution in [0.25, 0.3) is 0 Å². The molecule has 0 saturated carbocycles. The molecule has 0 aliphatic carbocycles. The Balaban J connectivity index is -0.000000636. The fraction of sp³-hybridized carbons (Fsp3) is 0.967. The SMILES string of the molecule is CCCCCCCCCCCCCCCCCC(=O)O.CCCCCCCCCCCCOS(=O)(=O)O.N. The van der Waals surface area contributed by atoms with Gasteiger partial charge in [0.2, 0.25) is 0 Å². The molecule has 0 saturated heterocycles. The van der Waals surface area contributed by atoms with Gasteiger partial charge in [-0.15, -0.1) is 0 Å². The summed E-state index contributed by atoms with van der Waals surface area (Å²) in [6.45, 7) is 4.58. The van der Waals surface area contributed by atoms with Crippen molar-refractivity contribution in [2.75, 3.05) is 6.61 Å². The summed E-state index contributed by atoms with van der Waals surface area (Å²) in [6, 6.07) is 0. The largest absolute Gasteiger partial charge is 0.481 e. The van der Waals surface area contributed by atoms with E-state index in [1.54, 1.807) is 0 Å². The number of aliphatic carboxylic acids is 1. The minimum absolute atomic E-state index is 0. The molecule has 0 amide bonds. The van der Waals surface area contributed by atoms with Gasteiger partial charge in [0.1, 0.15) is 0 Å². The second-order valence-corrected chi connectivity index (χ2v) is 11.6. The lowest BCUT2D eigenvalue weighted by atomic mass is 10.0. The van der Waals surface area contributed by atoms with Gasteiger partial charge in [-0.25, -0.2) is 4.18 Å². The molecule has 0 rings (SSSR count). The first-order valence-corrected chi connectivity index (χ1v) is 17.0. The Morgan fingerprint density at radius 1 is 0.526 bits per heavy atom. The zero-order valence-electron chi connectivity index (χ0n) is 25.2. The number of rotatable bonds is 28. The van der Waals surface area contributed by atoms with Gasteiger partial charge in [0.25, 0.3) is 0 Å². The average Bonchev–Trinajstić information content (AvgIpc) is 2.84. The quantitative estimate of drug-likeness (QED) is 0.0631. The van der Waals surface area contributed by atoms with Crippen molar-refractivity contribution in [3.8, 4) is 0 Å². The fourth-order valence-electron chi connectivity index (χ4n) is 4.40. The maximum atomic E-state index is 10.3. The van der Waals surface area contributed by atoms with Crippen molar-refractivity contribution in [3.05, 3.63) is 0 Å². The van der Waals surface area contributed by atoms with Gasteiger partial charge in [-0.1, -0.05) is 162 Å². The van der Waals surface area contributed by atoms with Crippen LogP contribution in [0.4, 0.5) is 0 Å². The molecule has 0 aliphatic rings. The lowest BCUT2D eigenvalue weighted by Gasteiger charge is -2.03. The van der Waals surface area contributed by atoms with Gasteiger partial charge in [-0.3, -0.25) is 9.35 Å². The molecule has 0 fully saturated rings. The van der Waals surface area contributed by atoms with Crippen LogP contribution in [0.5, 0.6) is 0 Å². The van der Waals surface area contributed by atoms with Crippen molar-refractivity contribution >= 4 is 16.4 Å². The van der Waals surface area contributed by atoms with Gasteiger partial charge in [0.05, 0.1) is 6.61 Å². The third-order valence-electron chi connectivity index (χ3n) is 6.72. The molecule has 0 aromatic carbocycles. The van der Waals surface area contributed by atoms with Crippen LogP contribution in [0, 0.1) is 0 Å². The summed E-state index contributed by atoms with van der Waals surface area (Å²) in [7, 11) is -4.23. The van der Waals surface area contributed by atoms with Crippen molar-refractivity contribution in [2.24, 2.45) is 0 Å². The number of hydrogen-bond donors (Lipinski definition) is 3. The monoisotopic (exact) mass is 567 g/mol. The van der Waals surface area contributed by atoms with Crippen LogP contribution < -0.4 is 6.15 Å². The second kappa shape index (κ2) is 34.3. The molecule has 232 valence electrons. The van der Waals surface area contributed by atoms with E-state index in [1.165, 1.54) is 128 Å². The molecule has 5 N–H and O–H groups in total. The van der Waals surface area contributed by atoms with Crippen molar-refractivity contribution in [1.29, 1.82) is 0 Å². The molecule has 0 atom stereocenters. The molecule has 0 heterocycles. The zero-order valence-corrected chi connectivity index (χ0v) is 26.1. The minimum Gasteiger partial charge on any atom is -0.481 e. The molecule has 0 unspecified atom stereocenters. The Labute approximate surface area is 236 Å². The summed E-state index contributed by atoms with van der Waals surface area (Å²) in [5.41, 5.74) is 0. The van der Waals surface area contributed by atoms with Crippen LogP contribution in [0.1, 0.15) is 181 Å². The van der Waals surface area contributed by atoms with Crippen LogP contribution >= 0.6 is 0 Å². The summed E-state index contributed by atoms with van der Waals surface area (Å²) in [6.07, 6.45) is 32.1. The maximum absolute atomic E-state index is 10.3. The maximum Gasteiger partial charge on any atom is 0.397 e. The third kappa shape index (κ3) is 45.2. The number of unbranched alkanes of at least 4 members (excludes halogenated alkanes) is 23. The van der Waals surface area contributed by atoms with E-state index in [1.807, 2.05) is 0 Å². The summed E-state index contributed by atoms with van der Waals surface area (Å²) >= 11 is 0. The van der Waals surface area contributed by atoms with Gasteiger partial charge < -0.3 is 11.3 Å². The Kier molecular flexibility index (Phi) is 37.7. The number of carboxylic acids is 1. The molecular formula is C30H65NO6S. The summed E-state index contributed by atoms with van der Waals surface area (Å²) < 4.78 is 33.0. The van der Waals surface area contributed by atoms with E-state index in [4.69, 9.17) is 9.66 Å². The van der Waals surface area contributed by atoms with E-state index in [2.05, 4.69) is 18.0 Å². The van der Waals surface area contributed by atoms with Crippen LogP contribution in [-0.2, 0) is 19.4 Å². The van der Waals surface area contributed by atoms with Crippen LogP contribution in [0.15, 0.2) is 0 Å². The molecular weight excluding hydrogens is 502 g/mol. The van der Waals surface area contributed by atoms with E-state index in [-0.39, 0.29) is 12.8 Å². The summed E-state index contributed by atoms with van der Waals surface area (Å²) in [5, 5.41) is 8.52. The van der Waals surface area contributed by atoms with E-state index < -0.39 is 16.4 Å². The highest BCUT2D eigenvalue weighted by molar-refractivity contribution is 7.80. The van der Waals surface area contributed by atoms with E-state index in [0.29, 0.717) is 12.8 Å². The standard InChI is InChI=1S/C18H36O2.C12H26O4S.H3N/c1-2-3-4-5-6-7-8-9-10-11-12-13-14-15-16-17-18(19)20;1-2-3-4-5-6-7-8-9-10-11-12-16-17(13,14)15;/h2-17H2,1H3,(H,19,20);2-12H2,1H3,(H,13,14,15);1H3. The van der Waals surface area contributed by atoms with Crippen molar-refractivity contribution in [2.45, 2.75) is 181 Å². The number of hydrogen-bond acceptors (Lipinski definition) is 5. The normalized spacial score (nSPS) is 11.0. The van der Waals surface area contributed by atoms with Crippen molar-refractivity contribution in [3.63, 3.8) is 0 Å². The molecule has 0 spiro atoms. The average molecular weight is 568 g/mol. The lowest BCUT2D eigenvalue weighted by Crippen LogP contribution is -2.04. The first kappa shape index (κ1) is 41.8. The molecule has 0 radical (unpaired) electrons. The highest BCUT2D eigenvalue weighted by Crippen LogP contribution is 2.14. The van der Waals surface area contributed by atoms with E-state index in [9.17, 15) is 13.2 Å². The Morgan fingerprint density at radius 2 is 0.789 bits per heavy atom. The predicted octanol–water partition coefficient (Wildman–Crippen LogP) is 10.2. The molecule has 0 aromatic rings. The third-order valence-corrected chi connectivity index (χ3v) is 7.19. The van der Waals surface area contributed by atoms with Crippen molar-refractivity contribution < 1.29 is 27.1 Å². The molecule has 0 bridgehead atoms. The van der Waals surface area contributed by atoms with Crippen LogP contribution in [0.2, 0.25) is 0 Å². The molecule has 7 nitrogen and oxygen atoms in total. The van der Waals surface area contributed by atoms with Gasteiger partial charge in [-0.05, 0) is 12.8 Å². The summed E-state index contributed by atoms with van der Waals surface area (Å²) in [4.78, 5) is 10.3. The second-order valence-electron chi connectivity index (χ2n) is 10.5. The smallest absolute Gasteiger partial charge is 0.397 e. The van der Waals surface area contributed by atoms with E-state index in [0.717, 1.165) is 25.7 Å². The predicted molar refractivity (Wildman–Crippen MR) is 162 cm³/mol. The first-order valence-electron chi connectivity index (χ1n) is 15.7. The van der Waals surface area contributed by atoms with Gasteiger partial charge >= 0.3 is 16.4 Å². The van der Waals surface area contributed by atoms with Gasteiger partial charge in [0, 0.05) is 6.42 Å². The highest BCUT2D eigenvalue weighted by atomic mass is 32.3. The zero-order chi connectivity index (χ0) is 27.9. The fourth-order valence-corrected chi connectivity index (χ4v) is 4.73. The molecule has 0 aliphatic heterocycles. The Hall–Kier alpha value is -0.700. The molecule has 38 heavy (non-hydrogen) atoms. The molecule has 0 aromatic heterocycles. The topological polar surface area (TPSA) is 136 Å². The van der Waals surface area contributed by atoms with Crippen molar-refractivity contribution in [1.82, 2.24) is 6.15 Å². The van der Waals surface area contributed by atoms with Crippen LogP contribution in [-0.4, -0.2) is 30.7 Å². The van der Waals surface area contributed by atoms with Gasteiger partial charge in [-0.2, -0.15) is 8.42 Å². The minimum atomic E-state index is -4.23. The Bertz CT molecular complexity index is 557. The molecule has 8 heteroatoms.